The second-order valence-corrected chi connectivity index (χ2v) is 12.3. The third-order valence-corrected chi connectivity index (χ3v) is 6.36. The first-order valence-corrected chi connectivity index (χ1v) is 15.7. The topological polar surface area (TPSA) is 267 Å². The van der Waals surface area contributed by atoms with E-state index in [0.717, 1.165) is 48.5 Å². The molecule has 0 aliphatic carbocycles. The lowest BCUT2D eigenvalue weighted by Gasteiger charge is -2.46. The normalized spacial score (nSPS) is 22.4. The van der Waals surface area contributed by atoms with Gasteiger partial charge in [0.1, 0.15) is 43.7 Å². The number of hydrogen-bond acceptors (Lipinski definition) is 19. The van der Waals surface area contributed by atoms with Crippen LogP contribution in [-0.2, 0) is 80.9 Å². The summed E-state index contributed by atoms with van der Waals surface area (Å²) in [5, 5.41) is 2.44. The van der Waals surface area contributed by atoms with E-state index in [1.54, 1.807) is 20.8 Å². The third kappa shape index (κ3) is 16.8. The van der Waals surface area contributed by atoms with E-state index < -0.39 is 128 Å². The van der Waals surface area contributed by atoms with Crippen LogP contribution in [-0.4, -0.2) is 128 Å². The molecule has 290 valence electrons. The van der Waals surface area contributed by atoms with Crippen molar-refractivity contribution in [3.63, 3.8) is 0 Å². The fourth-order valence-corrected chi connectivity index (χ4v) is 4.65. The van der Waals surface area contributed by atoms with E-state index in [2.05, 4.69) is 5.32 Å². The minimum Gasteiger partial charge on any atom is -0.464 e. The summed E-state index contributed by atoms with van der Waals surface area (Å²) in [6.45, 7) is 10.0. The van der Waals surface area contributed by atoms with Crippen molar-refractivity contribution in [2.24, 2.45) is 5.73 Å². The summed E-state index contributed by atoms with van der Waals surface area (Å²) in [7, 11) is 0. The molecule has 20 heteroatoms. The number of ether oxygens (including phenoxy) is 10. The van der Waals surface area contributed by atoms with Crippen LogP contribution < -0.4 is 11.1 Å². The molecule has 1 fully saturated rings. The number of hydrogen-bond donors (Lipinski definition) is 2. The highest BCUT2D eigenvalue weighted by Gasteiger charge is 2.52. The van der Waals surface area contributed by atoms with Crippen LogP contribution in [0.25, 0.3) is 0 Å². The van der Waals surface area contributed by atoms with Crippen molar-refractivity contribution in [3.05, 3.63) is 0 Å². The molecule has 4 unspecified atom stereocenters. The fourth-order valence-electron chi connectivity index (χ4n) is 4.65. The molecule has 1 heterocycles. The fraction of sp³-hybridized carbons (Fsp3) is 0.742. The Morgan fingerprint density at radius 3 is 1.65 bits per heavy atom. The maximum atomic E-state index is 13.0. The molecule has 1 saturated heterocycles. The Bertz CT molecular complexity index is 1270. The van der Waals surface area contributed by atoms with Gasteiger partial charge in [0.25, 0.3) is 0 Å². The maximum Gasteiger partial charge on any atom is 0.408 e. The van der Waals surface area contributed by atoms with E-state index >= 15 is 0 Å². The Labute approximate surface area is 294 Å². The van der Waals surface area contributed by atoms with Gasteiger partial charge in [-0.2, -0.15) is 0 Å². The van der Waals surface area contributed by atoms with Gasteiger partial charge < -0.3 is 58.4 Å². The SMILES string of the molecule is CC(=O)OCC(NC(=O)OC(C)(C)C)[C@@H](OC(C)=O)[C@@H](O[C@@H]1OC(COC(C)=O)[C@H](OC(C)=O)[C@H](OC(C)=O)C1N)C(COC(C)=O)OC(C)=O. The van der Waals surface area contributed by atoms with Crippen molar-refractivity contribution in [2.45, 2.75) is 130 Å². The first kappa shape index (κ1) is 44.5. The molecule has 0 aromatic rings. The number of esters is 7. The molecule has 20 nitrogen and oxygen atoms in total. The molecular weight excluding hydrogens is 688 g/mol. The predicted molar refractivity (Wildman–Crippen MR) is 167 cm³/mol. The molecule has 0 spiro atoms. The van der Waals surface area contributed by atoms with E-state index in [9.17, 15) is 38.4 Å². The minimum absolute atomic E-state index is 0.578. The van der Waals surface area contributed by atoms with Gasteiger partial charge in [-0.3, -0.25) is 33.6 Å². The summed E-state index contributed by atoms with van der Waals surface area (Å²) in [4.78, 5) is 97.6. The van der Waals surface area contributed by atoms with Crippen molar-refractivity contribution in [3.8, 4) is 0 Å². The van der Waals surface area contributed by atoms with Gasteiger partial charge in [0.2, 0.25) is 0 Å². The lowest BCUT2D eigenvalue weighted by atomic mass is 9.96. The van der Waals surface area contributed by atoms with Crippen LogP contribution in [0, 0.1) is 0 Å². The number of carbonyl (C=O) groups is 8. The molecule has 0 bridgehead atoms. The quantitative estimate of drug-likeness (QED) is 0.152. The van der Waals surface area contributed by atoms with Crippen LogP contribution in [0.4, 0.5) is 4.79 Å². The highest BCUT2D eigenvalue weighted by atomic mass is 16.7. The van der Waals surface area contributed by atoms with Crippen molar-refractivity contribution >= 4 is 47.9 Å². The van der Waals surface area contributed by atoms with E-state index in [-0.39, 0.29) is 0 Å². The first-order chi connectivity index (χ1) is 23.5. The number of alkyl carbamates (subject to hydrolysis) is 1. The van der Waals surface area contributed by atoms with Crippen LogP contribution in [0.2, 0.25) is 0 Å². The Morgan fingerprint density at radius 1 is 0.667 bits per heavy atom. The zero-order valence-electron chi connectivity index (χ0n) is 30.2. The molecule has 1 aliphatic rings. The number of amides is 1. The molecular formula is C31H48N2O18. The van der Waals surface area contributed by atoms with Gasteiger partial charge in [-0.05, 0) is 20.8 Å². The van der Waals surface area contributed by atoms with Gasteiger partial charge in [-0.1, -0.05) is 0 Å². The van der Waals surface area contributed by atoms with Gasteiger partial charge in [0, 0.05) is 48.5 Å². The highest BCUT2D eigenvalue weighted by Crippen LogP contribution is 2.30. The lowest BCUT2D eigenvalue weighted by molar-refractivity contribution is -0.301. The summed E-state index contributed by atoms with van der Waals surface area (Å²) >= 11 is 0. The smallest absolute Gasteiger partial charge is 0.408 e. The second-order valence-electron chi connectivity index (χ2n) is 12.3. The molecule has 0 aromatic heterocycles. The van der Waals surface area contributed by atoms with Gasteiger partial charge in [0.15, 0.2) is 30.7 Å². The molecule has 1 amide bonds. The predicted octanol–water partition coefficient (Wildman–Crippen LogP) is -0.267. The van der Waals surface area contributed by atoms with Crippen LogP contribution in [0.5, 0.6) is 0 Å². The number of rotatable bonds is 16. The Balaban J connectivity index is 3.96. The van der Waals surface area contributed by atoms with Gasteiger partial charge in [0.05, 0.1) is 6.04 Å². The molecule has 3 N–H and O–H groups in total. The largest absolute Gasteiger partial charge is 0.464 e. The van der Waals surface area contributed by atoms with Crippen LogP contribution >= 0.6 is 0 Å². The van der Waals surface area contributed by atoms with E-state index in [1.165, 1.54) is 0 Å². The average molecular weight is 737 g/mol. The molecule has 1 aliphatic heterocycles. The lowest BCUT2D eigenvalue weighted by Crippen LogP contribution is -2.67. The molecule has 0 radical (unpaired) electrons. The summed E-state index contributed by atoms with van der Waals surface area (Å²) in [5.41, 5.74) is 5.44. The average Bonchev–Trinajstić information content (AvgIpc) is 2.95. The first-order valence-electron chi connectivity index (χ1n) is 15.7. The number of nitrogens with two attached hydrogens (primary N) is 1. The molecule has 0 saturated carbocycles. The van der Waals surface area contributed by atoms with Crippen molar-refractivity contribution in [2.75, 3.05) is 19.8 Å². The minimum atomic E-state index is -1.82. The van der Waals surface area contributed by atoms with Gasteiger partial charge >= 0.3 is 47.9 Å². The van der Waals surface area contributed by atoms with E-state index in [1.807, 2.05) is 0 Å². The second kappa shape index (κ2) is 20.3. The Kier molecular flexibility index (Phi) is 17.7. The summed E-state index contributed by atoms with van der Waals surface area (Å²) in [5.74, 6) is -6.03. The standard InChI is InChI=1S/C31H48N2O18/c1-14(34)42-11-21(33-30(41)51-31(8,9)10)25(46-18(5)38)26(22(45-17(4)37)12-43-15(2)35)50-29-24(32)28(48-20(7)40)27(47-19(6)39)23(49-29)13-44-16(3)36/h21-29H,11-13,32H2,1-10H3,(H,33,41)/t21?,22?,23?,24?,25-,26+,27+,28-,29+/m1/s1. The van der Waals surface area contributed by atoms with Crippen LogP contribution in [0.1, 0.15) is 69.2 Å². The maximum absolute atomic E-state index is 13.0. The number of nitrogens with one attached hydrogen (secondary N) is 1. The van der Waals surface area contributed by atoms with Crippen molar-refractivity contribution in [1.82, 2.24) is 5.32 Å². The number of carbonyl (C=O) groups excluding carboxylic acids is 8. The third-order valence-electron chi connectivity index (χ3n) is 6.36. The zero-order valence-corrected chi connectivity index (χ0v) is 30.2. The van der Waals surface area contributed by atoms with Crippen LogP contribution in [0.3, 0.4) is 0 Å². The summed E-state index contributed by atoms with van der Waals surface area (Å²) in [6, 6.07) is -3.06. The Hall–Kier alpha value is -4.56. The van der Waals surface area contributed by atoms with Gasteiger partial charge in [-0.15, -0.1) is 0 Å². The molecule has 0 aromatic carbocycles. The monoisotopic (exact) mass is 736 g/mol. The van der Waals surface area contributed by atoms with E-state index in [0.29, 0.717) is 0 Å². The summed E-state index contributed by atoms with van der Waals surface area (Å²) < 4.78 is 54.6. The Morgan fingerprint density at radius 2 is 1.18 bits per heavy atom. The summed E-state index contributed by atoms with van der Waals surface area (Å²) in [6.07, 6.45) is -12.5. The zero-order chi connectivity index (χ0) is 39.2. The van der Waals surface area contributed by atoms with Crippen LogP contribution in [0.15, 0.2) is 0 Å². The van der Waals surface area contributed by atoms with Crippen molar-refractivity contribution < 1.29 is 85.7 Å². The molecule has 1 rings (SSSR count). The van der Waals surface area contributed by atoms with Crippen molar-refractivity contribution in [1.29, 1.82) is 0 Å². The van der Waals surface area contributed by atoms with Gasteiger partial charge in [-0.25, -0.2) is 4.79 Å². The van der Waals surface area contributed by atoms with E-state index in [4.69, 9.17) is 53.1 Å². The highest BCUT2D eigenvalue weighted by molar-refractivity contribution is 5.70. The molecule has 9 atom stereocenters. The molecule has 51 heavy (non-hydrogen) atoms.